The molecule has 13 heteroatoms. The van der Waals surface area contributed by atoms with Crippen molar-refractivity contribution in [1.82, 2.24) is 61.9 Å². The van der Waals surface area contributed by atoms with Crippen molar-refractivity contribution >= 4 is 137 Å². The number of benzene rings is 7. The van der Waals surface area contributed by atoms with Crippen molar-refractivity contribution in [1.29, 1.82) is 0 Å². The Morgan fingerprint density at radius 3 is 1.37 bits per heavy atom. The van der Waals surface area contributed by atoms with Gasteiger partial charge in [0.05, 0.1) is 33.1 Å². The second-order valence-corrected chi connectivity index (χ2v) is 29.3. The van der Waals surface area contributed by atoms with Crippen LogP contribution in [0.4, 0.5) is 0 Å². The molecule has 18 heterocycles. The highest BCUT2D eigenvalue weighted by molar-refractivity contribution is 6.17. The number of nitrogens with zero attached hydrogens (tertiary/aromatic N) is 13. The van der Waals surface area contributed by atoms with Crippen LogP contribution < -0.4 is 0 Å². The second-order valence-electron chi connectivity index (χ2n) is 29.3. The van der Waals surface area contributed by atoms with Gasteiger partial charge in [-0.05, 0) is 138 Å². The molecule has 20 aromatic rings. The first-order valence-electron chi connectivity index (χ1n) is 35.1. The zero-order chi connectivity index (χ0) is 66.4. The van der Waals surface area contributed by atoms with E-state index in [1.165, 1.54) is 154 Å². The summed E-state index contributed by atoms with van der Waals surface area (Å²) < 4.78 is 11.7. The average Bonchev–Trinajstić information content (AvgIpc) is 1.34. The lowest BCUT2D eigenvalue weighted by atomic mass is 9.77. The van der Waals surface area contributed by atoms with Gasteiger partial charge in [-0.1, -0.05) is 161 Å². The van der Waals surface area contributed by atoms with Gasteiger partial charge in [-0.2, -0.15) is 0 Å². The number of hydrogen-bond donors (Lipinski definition) is 0. The van der Waals surface area contributed by atoms with Crippen LogP contribution in [0.15, 0.2) is 220 Å². The molecule has 0 aliphatic carbocycles. The van der Waals surface area contributed by atoms with Crippen molar-refractivity contribution in [3.05, 3.63) is 282 Å². The molecule has 0 N–H and O–H groups in total. The van der Waals surface area contributed by atoms with Crippen molar-refractivity contribution in [3.8, 4) is 0 Å². The maximum atomic E-state index is 4.76. The normalized spacial score (nSPS) is 14.9. The molecule has 0 saturated carbocycles. The van der Waals surface area contributed by atoms with Gasteiger partial charge in [0.25, 0.3) is 0 Å². The fraction of sp³-hybridized carbons (Fsp3) is 0.172. The smallest absolute Gasteiger partial charge is 0.146 e. The van der Waals surface area contributed by atoms with E-state index < -0.39 is 0 Å². The van der Waals surface area contributed by atoms with Crippen LogP contribution in [0.5, 0.6) is 0 Å². The minimum atomic E-state index is 0.128. The number of aromatic nitrogens is 13. The summed E-state index contributed by atoms with van der Waals surface area (Å²) in [4.78, 5) is 36.5. The summed E-state index contributed by atoms with van der Waals surface area (Å²) >= 11 is 0. The zero-order valence-electron chi connectivity index (χ0n) is 56.3. The number of imidazole rings is 5. The maximum Gasteiger partial charge on any atom is 0.146 e. The Morgan fingerprint density at radius 1 is 0.290 bits per heavy atom. The van der Waals surface area contributed by atoms with E-state index in [2.05, 4.69) is 251 Å². The maximum absolute atomic E-state index is 4.76. The lowest BCUT2D eigenvalue weighted by Gasteiger charge is -2.32. The third kappa shape index (κ3) is 8.05. The molecule has 5 aliphatic rings. The summed E-state index contributed by atoms with van der Waals surface area (Å²) in [6.07, 6.45) is 28.2. The average molecular weight is 1290 g/mol. The number of para-hydroxylation sites is 4. The van der Waals surface area contributed by atoms with E-state index in [0.717, 1.165) is 95.9 Å². The number of pyridine rings is 8. The Labute approximate surface area is 573 Å². The minimum Gasteiger partial charge on any atom is -0.296 e. The van der Waals surface area contributed by atoms with Crippen LogP contribution in [0.25, 0.3) is 137 Å². The van der Waals surface area contributed by atoms with Crippen molar-refractivity contribution in [3.63, 3.8) is 0 Å². The number of fused-ring (bicyclic) bond motifs is 15. The van der Waals surface area contributed by atoms with Crippen LogP contribution in [0.1, 0.15) is 89.5 Å². The molecule has 100 heavy (non-hydrogen) atoms. The molecular formula is C87H67N13. The molecule has 0 amide bonds. The van der Waals surface area contributed by atoms with E-state index in [-0.39, 0.29) is 10.8 Å². The van der Waals surface area contributed by atoms with Gasteiger partial charge in [0.2, 0.25) is 0 Å². The Bertz CT molecular complexity index is 6570. The monoisotopic (exact) mass is 1290 g/mol. The highest BCUT2D eigenvalue weighted by Crippen LogP contribution is 2.45. The molecule has 0 bridgehead atoms. The van der Waals surface area contributed by atoms with Crippen LogP contribution in [-0.4, -0.2) is 61.9 Å². The molecule has 0 spiro atoms. The van der Waals surface area contributed by atoms with E-state index in [9.17, 15) is 0 Å². The molecule has 13 aromatic heterocycles. The standard InChI is InChI=1S/C20H18N2.C19H16N2.3C16H11N3/c1-12-8-9-16-18-17(12)14-6-4-5-7-15(14)19-21-11-13(22(18)19)10-20(16,2)3;1-19(2)10-12-6-5-9-14-13-7-3-4-8-15(13)18-20-11-16(19)21(18)17(12)14;1-3-10-6-7-11-9-18-16-13-5-2-8-17-14(13)12(4-1)15(10)19(11)16;1-2-10-4-5-11-8-18-16-14-9-17-7-6-12(14)13(3-1)15(10)19(11)16;1-2-10-4-5-11-8-18-16-13-6-7-17-9-14(13)12(3-1)15(10)19(11)16/h4-9,11H,10H2,1-3H3;3-9,11H,10H2,1-2H3;1-5,8-9H,6-7H2;2*1-3,6-9H,4-5H2. The first kappa shape index (κ1) is 57.1. The van der Waals surface area contributed by atoms with Crippen LogP contribution in [0.3, 0.4) is 0 Å². The Balaban J connectivity index is 0.0000000819. The highest BCUT2D eigenvalue weighted by atomic mass is 15.1. The summed E-state index contributed by atoms with van der Waals surface area (Å²) in [6.45, 7) is 11.5. The molecular weight excluding hydrogens is 1230 g/mol. The lowest BCUT2D eigenvalue weighted by Crippen LogP contribution is -2.26. The molecule has 5 aliphatic heterocycles. The van der Waals surface area contributed by atoms with Gasteiger partial charge in [-0.3, -0.25) is 37.0 Å². The van der Waals surface area contributed by atoms with Crippen LogP contribution in [-0.2, 0) is 62.2 Å². The third-order valence-corrected chi connectivity index (χ3v) is 22.6. The van der Waals surface area contributed by atoms with Gasteiger partial charge in [0.15, 0.2) is 0 Å². The van der Waals surface area contributed by atoms with Crippen molar-refractivity contribution in [2.45, 2.75) is 96.8 Å². The number of hydrogen-bond acceptors (Lipinski definition) is 8. The largest absolute Gasteiger partial charge is 0.296 e. The zero-order valence-corrected chi connectivity index (χ0v) is 56.3. The summed E-state index contributed by atoms with van der Waals surface area (Å²) in [5.74, 6) is 0. The predicted molar refractivity (Wildman–Crippen MR) is 405 cm³/mol. The SMILES string of the molecule is CC1(C)Cc2cccc3c4ccccc4c4ncc1n4c23.Cc1ccc2c3c1c1ccccc1c1ncc(n13)CC2(C)C.c1cc2c3c(c1)c1ccncc1c1ncc(n13)CC2.c1cc2c3c(c1)c1cnccc1c1ncc(n13)CC2.c1cnc2c(c1)c1ncc3n1c1c(cccc21)CC3. The molecule has 0 radical (unpaired) electrons. The molecule has 0 unspecified atom stereocenters. The lowest BCUT2D eigenvalue weighted by molar-refractivity contribution is 0.494. The van der Waals surface area contributed by atoms with Gasteiger partial charge in [-0.25, -0.2) is 24.9 Å². The van der Waals surface area contributed by atoms with Gasteiger partial charge in [0.1, 0.15) is 28.2 Å². The molecule has 7 aromatic carbocycles. The van der Waals surface area contributed by atoms with Crippen LogP contribution >= 0.6 is 0 Å². The molecule has 13 nitrogen and oxygen atoms in total. The molecule has 0 fully saturated rings. The van der Waals surface area contributed by atoms with Crippen LogP contribution in [0, 0.1) is 6.92 Å². The first-order valence-corrected chi connectivity index (χ1v) is 35.1. The molecule has 0 atom stereocenters. The Kier molecular flexibility index (Phi) is 12.0. The summed E-state index contributed by atoms with van der Waals surface area (Å²) in [5, 5.41) is 17.6. The molecule has 25 rings (SSSR count). The Morgan fingerprint density at radius 2 is 0.730 bits per heavy atom. The molecule has 0 saturated heterocycles. The van der Waals surface area contributed by atoms with E-state index in [1.807, 2.05) is 55.6 Å². The first-order chi connectivity index (χ1) is 49.0. The van der Waals surface area contributed by atoms with Crippen LogP contribution in [0.2, 0.25) is 0 Å². The minimum absolute atomic E-state index is 0.128. The predicted octanol–water partition coefficient (Wildman–Crippen LogP) is 18.7. The number of rotatable bonds is 0. The van der Waals surface area contributed by atoms with E-state index in [0.29, 0.717) is 0 Å². The van der Waals surface area contributed by atoms with Gasteiger partial charge < -0.3 is 0 Å². The van der Waals surface area contributed by atoms with Crippen molar-refractivity contribution in [2.24, 2.45) is 0 Å². The fourth-order valence-electron chi connectivity index (χ4n) is 18.2. The van der Waals surface area contributed by atoms with Crippen molar-refractivity contribution < 1.29 is 0 Å². The van der Waals surface area contributed by atoms with Gasteiger partial charge in [0, 0.05) is 155 Å². The summed E-state index contributed by atoms with van der Waals surface area (Å²) in [5.41, 5.74) is 28.4. The summed E-state index contributed by atoms with van der Waals surface area (Å²) in [6, 6.07) is 56.5. The van der Waals surface area contributed by atoms with Gasteiger partial charge >= 0.3 is 0 Å². The third-order valence-electron chi connectivity index (χ3n) is 22.6. The number of aryl methyl sites for hydroxylation is 7. The Hall–Kier alpha value is -12.0. The fourth-order valence-corrected chi connectivity index (χ4v) is 18.2. The van der Waals surface area contributed by atoms with Gasteiger partial charge in [-0.15, -0.1) is 0 Å². The van der Waals surface area contributed by atoms with Crippen molar-refractivity contribution in [2.75, 3.05) is 0 Å². The van der Waals surface area contributed by atoms with E-state index in [1.54, 1.807) is 0 Å². The molecule has 480 valence electrons. The summed E-state index contributed by atoms with van der Waals surface area (Å²) in [7, 11) is 0. The highest BCUT2D eigenvalue weighted by Gasteiger charge is 2.34. The topological polar surface area (TPSA) is 125 Å². The van der Waals surface area contributed by atoms with E-state index >= 15 is 0 Å². The van der Waals surface area contributed by atoms with E-state index in [4.69, 9.17) is 9.97 Å². The quantitative estimate of drug-likeness (QED) is 0.137. The second kappa shape index (κ2) is 21.0.